The summed E-state index contributed by atoms with van der Waals surface area (Å²) >= 11 is 1.40. The zero-order valence-electron chi connectivity index (χ0n) is 12.5. The number of aryl methyl sites for hydroxylation is 1. The van der Waals surface area contributed by atoms with Gasteiger partial charge < -0.3 is 0 Å². The number of sulfonamides is 1. The van der Waals surface area contributed by atoms with E-state index in [1.54, 1.807) is 19.1 Å². The van der Waals surface area contributed by atoms with Gasteiger partial charge in [0.15, 0.2) is 0 Å². The molecule has 3 rings (SSSR count). The van der Waals surface area contributed by atoms with Crippen molar-refractivity contribution in [2.45, 2.75) is 18.7 Å². The Kier molecular flexibility index (Phi) is 3.90. The molecule has 23 heavy (non-hydrogen) atoms. The second-order valence-corrected chi connectivity index (χ2v) is 7.75. The van der Waals surface area contributed by atoms with Crippen molar-refractivity contribution in [3.05, 3.63) is 40.9 Å². The standard InChI is InChI=1S/C14H14N4O3S2/c1-9(16-17-14-15-10(2)8-22-14)7-18-13(19)11-5-3-4-6-12(11)23(18,20)21/h3-6,8H,7H2,1-2H3,(H,15,17)/b16-9+. The molecule has 1 aromatic carbocycles. The first-order valence-electron chi connectivity index (χ1n) is 6.77. The topological polar surface area (TPSA) is 91.7 Å². The summed E-state index contributed by atoms with van der Waals surface area (Å²) in [4.78, 5) is 16.5. The highest BCUT2D eigenvalue weighted by molar-refractivity contribution is 7.90. The Hall–Kier alpha value is -2.26. The fourth-order valence-electron chi connectivity index (χ4n) is 2.18. The lowest BCUT2D eigenvalue weighted by molar-refractivity contribution is 0.0883. The molecule has 0 aliphatic carbocycles. The minimum absolute atomic E-state index is 0.0429. The van der Waals surface area contributed by atoms with Gasteiger partial charge in [-0.15, -0.1) is 11.3 Å². The Morgan fingerprint density at radius 2 is 2.13 bits per heavy atom. The molecule has 2 aromatic rings. The van der Waals surface area contributed by atoms with Gasteiger partial charge in [0.1, 0.15) is 4.90 Å². The second-order valence-electron chi connectivity index (χ2n) is 5.07. The summed E-state index contributed by atoms with van der Waals surface area (Å²) in [5.74, 6) is -0.528. The smallest absolute Gasteiger partial charge is 0.268 e. The van der Waals surface area contributed by atoms with Gasteiger partial charge in [0.2, 0.25) is 5.13 Å². The zero-order chi connectivity index (χ0) is 16.6. The van der Waals surface area contributed by atoms with Crippen molar-refractivity contribution in [3.63, 3.8) is 0 Å². The lowest BCUT2D eigenvalue weighted by atomic mass is 10.2. The fraction of sp³-hybridized carbons (Fsp3) is 0.214. The monoisotopic (exact) mass is 350 g/mol. The molecule has 1 amide bonds. The Balaban J connectivity index is 1.79. The first-order valence-corrected chi connectivity index (χ1v) is 9.09. The molecule has 9 heteroatoms. The highest BCUT2D eigenvalue weighted by Crippen LogP contribution is 2.29. The van der Waals surface area contributed by atoms with Gasteiger partial charge in [-0.3, -0.25) is 10.2 Å². The summed E-state index contributed by atoms with van der Waals surface area (Å²) in [7, 11) is -3.81. The molecule has 120 valence electrons. The van der Waals surface area contributed by atoms with Crippen LogP contribution < -0.4 is 5.43 Å². The van der Waals surface area contributed by atoms with Crippen LogP contribution in [0, 0.1) is 6.92 Å². The summed E-state index contributed by atoms with van der Waals surface area (Å²) < 4.78 is 25.7. The average molecular weight is 350 g/mol. The van der Waals surface area contributed by atoms with E-state index in [9.17, 15) is 13.2 Å². The number of hydrazone groups is 1. The van der Waals surface area contributed by atoms with Gasteiger partial charge >= 0.3 is 0 Å². The van der Waals surface area contributed by atoms with E-state index in [-0.39, 0.29) is 17.0 Å². The molecule has 0 bridgehead atoms. The molecule has 7 nitrogen and oxygen atoms in total. The van der Waals surface area contributed by atoms with E-state index in [1.165, 1.54) is 23.5 Å². The first kappa shape index (κ1) is 15.6. The predicted molar refractivity (Wildman–Crippen MR) is 88.2 cm³/mol. The van der Waals surface area contributed by atoms with Gasteiger partial charge in [-0.25, -0.2) is 17.7 Å². The fourth-order valence-corrected chi connectivity index (χ4v) is 4.40. The highest BCUT2D eigenvalue weighted by atomic mass is 32.2. The zero-order valence-corrected chi connectivity index (χ0v) is 14.1. The number of anilines is 1. The van der Waals surface area contributed by atoms with Gasteiger partial charge in [-0.2, -0.15) is 5.10 Å². The summed E-state index contributed by atoms with van der Waals surface area (Å²) in [6.45, 7) is 3.41. The van der Waals surface area contributed by atoms with Crippen LogP contribution in [0.15, 0.2) is 39.6 Å². The second kappa shape index (κ2) is 5.74. The maximum Gasteiger partial charge on any atom is 0.269 e. The minimum atomic E-state index is -3.81. The number of rotatable bonds is 4. The molecule has 0 radical (unpaired) electrons. The number of benzene rings is 1. The van der Waals surface area contributed by atoms with Crippen LogP contribution in [-0.2, 0) is 10.0 Å². The van der Waals surface area contributed by atoms with E-state index in [2.05, 4.69) is 15.5 Å². The van der Waals surface area contributed by atoms with Crippen molar-refractivity contribution in [1.29, 1.82) is 0 Å². The number of aromatic nitrogens is 1. The molecular formula is C14H14N4O3S2. The van der Waals surface area contributed by atoms with Crippen LogP contribution in [0.4, 0.5) is 5.13 Å². The van der Waals surface area contributed by atoms with Crippen LogP contribution in [0.1, 0.15) is 23.0 Å². The number of thiazole rings is 1. The third-order valence-electron chi connectivity index (χ3n) is 3.25. The quantitative estimate of drug-likeness (QED) is 0.673. The number of carbonyl (C=O) groups is 1. The van der Waals surface area contributed by atoms with Crippen LogP contribution in [-0.4, -0.2) is 35.9 Å². The van der Waals surface area contributed by atoms with Gasteiger partial charge in [0, 0.05) is 5.38 Å². The predicted octanol–water partition coefficient (Wildman–Crippen LogP) is 2.08. The van der Waals surface area contributed by atoms with Gasteiger partial charge in [0.25, 0.3) is 15.9 Å². The van der Waals surface area contributed by atoms with Crippen LogP contribution in [0.25, 0.3) is 0 Å². The SMILES string of the molecule is C/C(CN1C(=O)c2ccccc2S1(=O)=O)=N\Nc1nc(C)cs1. The number of hydrogen-bond acceptors (Lipinski definition) is 7. The first-order chi connectivity index (χ1) is 10.9. The van der Waals surface area contributed by atoms with Gasteiger partial charge in [0.05, 0.1) is 23.5 Å². The highest BCUT2D eigenvalue weighted by Gasteiger charge is 2.40. The van der Waals surface area contributed by atoms with Gasteiger partial charge in [-0.1, -0.05) is 12.1 Å². The summed E-state index contributed by atoms with van der Waals surface area (Å²) in [5.41, 5.74) is 4.30. The van der Waals surface area contributed by atoms with Crippen molar-refractivity contribution in [3.8, 4) is 0 Å². The Bertz CT molecular complexity index is 902. The molecule has 2 heterocycles. The number of nitrogens with zero attached hydrogens (tertiary/aromatic N) is 3. The molecule has 1 aliphatic rings. The van der Waals surface area contributed by atoms with Crippen molar-refractivity contribution < 1.29 is 13.2 Å². The molecule has 1 aliphatic heterocycles. The number of nitrogens with one attached hydrogen (secondary N) is 1. The van der Waals surface area contributed by atoms with Crippen LogP contribution >= 0.6 is 11.3 Å². The molecule has 0 spiro atoms. The largest absolute Gasteiger partial charge is 0.269 e. The van der Waals surface area contributed by atoms with E-state index >= 15 is 0 Å². The van der Waals surface area contributed by atoms with Crippen molar-refractivity contribution in [2.24, 2.45) is 5.10 Å². The van der Waals surface area contributed by atoms with E-state index in [0.29, 0.717) is 10.8 Å². The molecule has 0 saturated heterocycles. The summed E-state index contributed by atoms with van der Waals surface area (Å²) in [6.07, 6.45) is 0. The normalized spacial score (nSPS) is 16.5. The summed E-state index contributed by atoms with van der Waals surface area (Å²) in [5, 5.41) is 6.58. The number of fused-ring (bicyclic) bond motifs is 1. The molecule has 1 N–H and O–H groups in total. The average Bonchev–Trinajstić information content (AvgIpc) is 3.02. The molecule has 0 atom stereocenters. The van der Waals surface area contributed by atoms with E-state index in [4.69, 9.17) is 0 Å². The number of amides is 1. The van der Waals surface area contributed by atoms with Crippen LogP contribution in [0.2, 0.25) is 0 Å². The lowest BCUT2D eigenvalue weighted by Crippen LogP contribution is -2.34. The third kappa shape index (κ3) is 2.84. The molecule has 0 fully saturated rings. The lowest BCUT2D eigenvalue weighted by Gasteiger charge is -2.14. The Morgan fingerprint density at radius 3 is 2.78 bits per heavy atom. The van der Waals surface area contributed by atoms with Crippen molar-refractivity contribution >= 4 is 38.1 Å². The molecule has 0 unspecified atom stereocenters. The van der Waals surface area contributed by atoms with Crippen molar-refractivity contribution in [2.75, 3.05) is 12.0 Å². The number of carbonyl (C=O) groups excluding carboxylic acids is 1. The van der Waals surface area contributed by atoms with Crippen LogP contribution in [0.5, 0.6) is 0 Å². The Labute approximate surface area is 137 Å². The third-order valence-corrected chi connectivity index (χ3v) is 5.90. The summed E-state index contributed by atoms with van der Waals surface area (Å²) in [6, 6.07) is 6.19. The van der Waals surface area contributed by atoms with E-state index in [1.807, 2.05) is 12.3 Å². The molecule has 1 aromatic heterocycles. The van der Waals surface area contributed by atoms with E-state index in [0.717, 1.165) is 10.00 Å². The maximum absolute atomic E-state index is 12.4. The minimum Gasteiger partial charge on any atom is -0.268 e. The van der Waals surface area contributed by atoms with Crippen LogP contribution in [0.3, 0.4) is 0 Å². The van der Waals surface area contributed by atoms with E-state index < -0.39 is 15.9 Å². The van der Waals surface area contributed by atoms with Gasteiger partial charge in [-0.05, 0) is 26.0 Å². The molecular weight excluding hydrogens is 336 g/mol. The molecule has 0 saturated carbocycles. The Morgan fingerprint density at radius 1 is 1.39 bits per heavy atom. The maximum atomic E-state index is 12.4. The number of hydrogen-bond donors (Lipinski definition) is 1. The van der Waals surface area contributed by atoms with Crippen molar-refractivity contribution in [1.82, 2.24) is 9.29 Å².